The number of Topliss-reactive ketones (excluding diaryl/α,β-unsaturated/α-hetero) is 1. The number of benzene rings is 2. The normalized spacial score (nSPS) is 15.2. The van der Waals surface area contributed by atoms with Crippen molar-refractivity contribution < 1.29 is 4.79 Å². The molecule has 2 aromatic rings. The van der Waals surface area contributed by atoms with Gasteiger partial charge in [-0.1, -0.05) is 67.1 Å². The molecule has 19 heavy (non-hydrogen) atoms. The second-order valence-corrected chi connectivity index (χ2v) is 5.28. The zero-order valence-corrected chi connectivity index (χ0v) is 11.0. The second-order valence-electron chi connectivity index (χ2n) is 5.28. The quantitative estimate of drug-likeness (QED) is 0.795. The summed E-state index contributed by atoms with van der Waals surface area (Å²) < 4.78 is 0. The van der Waals surface area contributed by atoms with Crippen molar-refractivity contribution in [2.45, 2.75) is 25.2 Å². The lowest BCUT2D eigenvalue weighted by Gasteiger charge is -2.28. The van der Waals surface area contributed by atoms with Crippen molar-refractivity contribution in [1.29, 1.82) is 0 Å². The molecule has 1 fully saturated rings. The molecule has 0 bridgehead atoms. The molecule has 0 atom stereocenters. The van der Waals surface area contributed by atoms with Gasteiger partial charge in [0.1, 0.15) is 5.78 Å². The summed E-state index contributed by atoms with van der Waals surface area (Å²) in [6.45, 7) is 0. The summed E-state index contributed by atoms with van der Waals surface area (Å²) in [6, 6.07) is 20.3. The maximum absolute atomic E-state index is 12.7. The molecule has 0 heterocycles. The van der Waals surface area contributed by atoms with Gasteiger partial charge in [-0.25, -0.2) is 0 Å². The molecule has 1 heteroatoms. The van der Waals surface area contributed by atoms with Crippen LogP contribution < -0.4 is 0 Å². The van der Waals surface area contributed by atoms with Crippen molar-refractivity contribution in [3.8, 4) is 0 Å². The van der Waals surface area contributed by atoms with Crippen molar-refractivity contribution in [3.05, 3.63) is 71.8 Å². The standard InChI is InChI=1S/C18H18O/c19-18(16-12-7-13-16)17(14-8-3-1-4-9-14)15-10-5-2-6-11-15/h1-6,8-11,16-17H,7,12-13H2. The molecule has 0 unspecified atom stereocenters. The Balaban J connectivity index is 1.98. The maximum atomic E-state index is 12.7. The molecule has 1 nitrogen and oxygen atoms in total. The van der Waals surface area contributed by atoms with E-state index in [0.717, 1.165) is 24.0 Å². The molecule has 0 saturated heterocycles. The Morgan fingerprint density at radius 3 is 1.68 bits per heavy atom. The van der Waals surface area contributed by atoms with Crippen LogP contribution in [0.4, 0.5) is 0 Å². The molecule has 0 radical (unpaired) electrons. The third-order valence-corrected chi connectivity index (χ3v) is 4.06. The largest absolute Gasteiger partial charge is 0.298 e. The number of hydrogen-bond donors (Lipinski definition) is 0. The first kappa shape index (κ1) is 12.2. The van der Waals surface area contributed by atoms with Gasteiger partial charge < -0.3 is 0 Å². The second kappa shape index (κ2) is 5.40. The van der Waals surface area contributed by atoms with Gasteiger partial charge in [0, 0.05) is 5.92 Å². The molecule has 0 amide bonds. The molecule has 0 spiro atoms. The molecule has 1 aliphatic rings. The summed E-state index contributed by atoms with van der Waals surface area (Å²) in [5, 5.41) is 0. The summed E-state index contributed by atoms with van der Waals surface area (Å²) in [6.07, 6.45) is 3.33. The lowest BCUT2D eigenvalue weighted by atomic mass is 9.74. The van der Waals surface area contributed by atoms with Crippen LogP contribution in [0.15, 0.2) is 60.7 Å². The van der Waals surface area contributed by atoms with E-state index in [1.165, 1.54) is 6.42 Å². The third-order valence-electron chi connectivity index (χ3n) is 4.06. The number of carbonyl (C=O) groups is 1. The first-order valence-electron chi connectivity index (χ1n) is 7.00. The monoisotopic (exact) mass is 250 g/mol. The van der Waals surface area contributed by atoms with Gasteiger partial charge in [0.05, 0.1) is 5.92 Å². The molecule has 3 rings (SSSR count). The number of ketones is 1. The van der Waals surface area contributed by atoms with E-state index in [2.05, 4.69) is 24.3 Å². The van der Waals surface area contributed by atoms with E-state index in [-0.39, 0.29) is 11.8 Å². The highest BCUT2D eigenvalue weighted by atomic mass is 16.1. The zero-order chi connectivity index (χ0) is 13.1. The summed E-state index contributed by atoms with van der Waals surface area (Å²) in [7, 11) is 0. The van der Waals surface area contributed by atoms with Crippen LogP contribution in [-0.4, -0.2) is 5.78 Å². The minimum atomic E-state index is -0.0901. The van der Waals surface area contributed by atoms with Gasteiger partial charge in [-0.05, 0) is 24.0 Å². The molecule has 1 aliphatic carbocycles. The predicted octanol–water partition coefficient (Wildman–Crippen LogP) is 4.19. The Morgan fingerprint density at radius 2 is 1.32 bits per heavy atom. The minimum absolute atomic E-state index is 0.0901. The van der Waals surface area contributed by atoms with Crippen LogP contribution in [0.5, 0.6) is 0 Å². The van der Waals surface area contributed by atoms with Gasteiger partial charge in [0.2, 0.25) is 0 Å². The SMILES string of the molecule is O=C(C1CCC1)C(c1ccccc1)c1ccccc1. The molecule has 0 aliphatic heterocycles. The van der Waals surface area contributed by atoms with Crippen LogP contribution in [0.25, 0.3) is 0 Å². The van der Waals surface area contributed by atoms with Crippen molar-refractivity contribution >= 4 is 5.78 Å². The van der Waals surface area contributed by atoms with E-state index in [0.29, 0.717) is 5.78 Å². The Labute approximate surface area is 114 Å². The van der Waals surface area contributed by atoms with E-state index >= 15 is 0 Å². The van der Waals surface area contributed by atoms with Crippen LogP contribution in [-0.2, 0) is 4.79 Å². The van der Waals surface area contributed by atoms with Crippen LogP contribution in [0.1, 0.15) is 36.3 Å². The Kier molecular flexibility index (Phi) is 3.45. The van der Waals surface area contributed by atoms with Crippen molar-refractivity contribution in [2.24, 2.45) is 5.92 Å². The molecule has 96 valence electrons. The number of rotatable bonds is 4. The fourth-order valence-electron chi connectivity index (χ4n) is 2.74. The van der Waals surface area contributed by atoms with Crippen LogP contribution >= 0.6 is 0 Å². The van der Waals surface area contributed by atoms with Gasteiger partial charge in [0.15, 0.2) is 0 Å². The highest BCUT2D eigenvalue weighted by Gasteiger charge is 2.32. The van der Waals surface area contributed by atoms with E-state index in [4.69, 9.17) is 0 Å². The van der Waals surface area contributed by atoms with Crippen molar-refractivity contribution in [3.63, 3.8) is 0 Å². The van der Waals surface area contributed by atoms with E-state index in [9.17, 15) is 4.79 Å². The average molecular weight is 250 g/mol. The van der Waals surface area contributed by atoms with Gasteiger partial charge in [-0.3, -0.25) is 4.79 Å². The third kappa shape index (κ3) is 2.46. The Morgan fingerprint density at radius 1 is 0.842 bits per heavy atom. The molecule has 1 saturated carbocycles. The van der Waals surface area contributed by atoms with Crippen LogP contribution in [0, 0.1) is 5.92 Å². The van der Waals surface area contributed by atoms with Gasteiger partial charge in [-0.15, -0.1) is 0 Å². The van der Waals surface area contributed by atoms with Gasteiger partial charge in [-0.2, -0.15) is 0 Å². The first-order valence-corrected chi connectivity index (χ1v) is 7.00. The summed E-state index contributed by atoms with van der Waals surface area (Å²) in [5.41, 5.74) is 2.23. The number of carbonyl (C=O) groups excluding carboxylic acids is 1. The highest BCUT2D eigenvalue weighted by molar-refractivity contribution is 5.91. The Hall–Kier alpha value is -1.89. The van der Waals surface area contributed by atoms with Gasteiger partial charge in [0.25, 0.3) is 0 Å². The molecular formula is C18H18O. The highest BCUT2D eigenvalue weighted by Crippen LogP contribution is 2.36. The zero-order valence-electron chi connectivity index (χ0n) is 11.0. The fourth-order valence-corrected chi connectivity index (χ4v) is 2.74. The smallest absolute Gasteiger partial charge is 0.147 e. The Bertz CT molecular complexity index is 501. The van der Waals surface area contributed by atoms with E-state index in [1.54, 1.807) is 0 Å². The fraction of sp³-hybridized carbons (Fsp3) is 0.278. The van der Waals surface area contributed by atoms with Crippen LogP contribution in [0.3, 0.4) is 0 Å². The summed E-state index contributed by atoms with van der Waals surface area (Å²) in [5.74, 6) is 0.571. The lowest BCUT2D eigenvalue weighted by Crippen LogP contribution is -2.28. The summed E-state index contributed by atoms with van der Waals surface area (Å²) in [4.78, 5) is 12.7. The number of hydrogen-bond acceptors (Lipinski definition) is 1. The molecular weight excluding hydrogens is 232 g/mol. The van der Waals surface area contributed by atoms with E-state index < -0.39 is 0 Å². The molecule has 0 N–H and O–H groups in total. The minimum Gasteiger partial charge on any atom is -0.298 e. The van der Waals surface area contributed by atoms with E-state index in [1.807, 2.05) is 36.4 Å². The van der Waals surface area contributed by atoms with Gasteiger partial charge >= 0.3 is 0 Å². The molecule has 2 aromatic carbocycles. The first-order chi connectivity index (χ1) is 9.36. The predicted molar refractivity (Wildman–Crippen MR) is 77.1 cm³/mol. The topological polar surface area (TPSA) is 17.1 Å². The maximum Gasteiger partial charge on any atom is 0.147 e. The molecule has 0 aromatic heterocycles. The lowest BCUT2D eigenvalue weighted by molar-refractivity contribution is -0.125. The van der Waals surface area contributed by atoms with Crippen LogP contribution in [0.2, 0.25) is 0 Å². The van der Waals surface area contributed by atoms with Crippen molar-refractivity contribution in [2.75, 3.05) is 0 Å². The average Bonchev–Trinajstić information content (AvgIpc) is 2.39. The van der Waals surface area contributed by atoms with Crippen molar-refractivity contribution in [1.82, 2.24) is 0 Å². The summed E-state index contributed by atoms with van der Waals surface area (Å²) >= 11 is 0.